The molecule has 0 saturated carbocycles. The molecule has 0 rings (SSSR count). The van der Waals surface area contributed by atoms with Crippen LogP contribution in [0.25, 0.3) is 0 Å². The van der Waals surface area contributed by atoms with Gasteiger partial charge in [-0.05, 0) is 51.4 Å². The Labute approximate surface area is 463 Å². The van der Waals surface area contributed by atoms with Gasteiger partial charge in [0.15, 0.2) is 0 Å². The lowest BCUT2D eigenvalue weighted by molar-refractivity contribution is -0.143. The summed E-state index contributed by atoms with van der Waals surface area (Å²) in [5, 5.41) is 23.1. The molecular formula is C68H133NO5. The number of allylic oxidation sites excluding steroid dienone is 2. The normalized spacial score (nSPS) is 12.5. The van der Waals surface area contributed by atoms with Gasteiger partial charge in [-0.2, -0.15) is 0 Å². The first kappa shape index (κ1) is 72.6. The zero-order valence-corrected chi connectivity index (χ0v) is 50.4. The number of amides is 1. The Bertz CT molecular complexity index is 1110. The molecule has 74 heavy (non-hydrogen) atoms. The fourth-order valence-corrected chi connectivity index (χ4v) is 10.9. The number of hydrogen-bond donors (Lipinski definition) is 3. The molecule has 440 valence electrons. The molecule has 2 unspecified atom stereocenters. The van der Waals surface area contributed by atoms with Crippen LogP contribution in [0.3, 0.4) is 0 Å². The Morgan fingerprint density at radius 1 is 0.365 bits per heavy atom. The average Bonchev–Trinajstić information content (AvgIpc) is 3.40. The van der Waals surface area contributed by atoms with E-state index in [1.54, 1.807) is 0 Å². The lowest BCUT2D eigenvalue weighted by atomic mass is 10.0. The van der Waals surface area contributed by atoms with E-state index < -0.39 is 12.1 Å². The smallest absolute Gasteiger partial charge is 0.305 e. The molecule has 0 fully saturated rings. The second-order valence-electron chi connectivity index (χ2n) is 23.5. The van der Waals surface area contributed by atoms with Gasteiger partial charge < -0.3 is 20.3 Å². The van der Waals surface area contributed by atoms with E-state index in [9.17, 15) is 19.8 Å². The highest BCUT2D eigenvalue weighted by Crippen LogP contribution is 2.19. The lowest BCUT2D eigenvalue weighted by Gasteiger charge is -2.22. The van der Waals surface area contributed by atoms with E-state index in [0.29, 0.717) is 25.9 Å². The average molecular weight is 1040 g/mol. The highest BCUT2D eigenvalue weighted by molar-refractivity contribution is 5.76. The van der Waals surface area contributed by atoms with Crippen molar-refractivity contribution >= 4 is 11.9 Å². The van der Waals surface area contributed by atoms with Crippen molar-refractivity contribution in [2.75, 3.05) is 13.2 Å². The maximum absolute atomic E-state index is 12.4. The van der Waals surface area contributed by atoms with Crippen LogP contribution in [-0.4, -0.2) is 47.4 Å². The van der Waals surface area contributed by atoms with Crippen LogP contribution in [-0.2, 0) is 14.3 Å². The standard InChI is InChI=1S/C68H133NO5/c1-3-5-7-9-11-13-14-38-42-46-50-54-58-62-68(73)74-63-59-55-51-47-43-40-37-35-33-31-29-27-25-23-21-19-17-15-16-18-20-22-24-26-28-30-32-34-36-39-41-45-49-53-57-61-67(72)69-65(64-70)66(71)60-56-52-48-44-12-10-8-6-4-2/h13-14,65-66,70-71H,3-12,15-64H2,1-2H3,(H,69,72)/b14-13-. The molecule has 0 saturated heterocycles. The molecule has 0 bridgehead atoms. The molecule has 0 aromatic heterocycles. The molecule has 3 N–H and O–H groups in total. The Hall–Kier alpha value is -1.40. The van der Waals surface area contributed by atoms with E-state index in [2.05, 4.69) is 31.3 Å². The molecule has 0 radical (unpaired) electrons. The largest absolute Gasteiger partial charge is 0.466 e. The molecule has 0 aliphatic rings. The predicted molar refractivity (Wildman–Crippen MR) is 324 cm³/mol. The highest BCUT2D eigenvalue weighted by atomic mass is 16.5. The molecule has 1 amide bonds. The first-order valence-electron chi connectivity index (χ1n) is 33.9. The van der Waals surface area contributed by atoms with Crippen molar-refractivity contribution in [1.29, 1.82) is 0 Å². The maximum atomic E-state index is 12.4. The van der Waals surface area contributed by atoms with Gasteiger partial charge >= 0.3 is 5.97 Å². The van der Waals surface area contributed by atoms with Gasteiger partial charge in [0.1, 0.15) is 0 Å². The molecule has 2 atom stereocenters. The summed E-state index contributed by atoms with van der Waals surface area (Å²) in [6.07, 6.45) is 78.5. The molecule has 0 aromatic rings. The molecule has 0 aliphatic carbocycles. The topological polar surface area (TPSA) is 95.9 Å². The summed E-state index contributed by atoms with van der Waals surface area (Å²) in [6, 6.07) is -0.534. The van der Waals surface area contributed by atoms with Crippen LogP contribution < -0.4 is 5.32 Å². The van der Waals surface area contributed by atoms with E-state index in [4.69, 9.17) is 4.74 Å². The number of unbranched alkanes of at least 4 members (excludes halogenated alkanes) is 51. The maximum Gasteiger partial charge on any atom is 0.305 e. The summed E-state index contributed by atoms with van der Waals surface area (Å²) in [5.74, 6) is -0.0164. The number of aliphatic hydroxyl groups is 2. The van der Waals surface area contributed by atoms with Crippen molar-refractivity contribution in [2.45, 2.75) is 398 Å². The second kappa shape index (κ2) is 64.1. The summed E-state index contributed by atoms with van der Waals surface area (Å²) in [4.78, 5) is 24.5. The first-order valence-corrected chi connectivity index (χ1v) is 33.9. The molecule has 6 nitrogen and oxygen atoms in total. The van der Waals surface area contributed by atoms with Crippen molar-refractivity contribution < 1.29 is 24.5 Å². The highest BCUT2D eigenvalue weighted by Gasteiger charge is 2.20. The van der Waals surface area contributed by atoms with Crippen LogP contribution in [0.1, 0.15) is 386 Å². The Kier molecular flexibility index (Phi) is 62.9. The van der Waals surface area contributed by atoms with E-state index in [-0.39, 0.29) is 18.5 Å². The summed E-state index contributed by atoms with van der Waals surface area (Å²) >= 11 is 0. The lowest BCUT2D eigenvalue weighted by Crippen LogP contribution is -2.45. The molecule has 0 heterocycles. The molecular weight excluding hydrogens is 911 g/mol. The number of aliphatic hydroxyl groups excluding tert-OH is 2. The third kappa shape index (κ3) is 59.8. The summed E-state index contributed by atoms with van der Waals surface area (Å²) < 4.78 is 5.48. The SMILES string of the molecule is CCCCCC/C=C\CCCCCCCC(=O)OCCCCCCCCCCCCCCCCCCCCCCCCCCCCCCCCCCCCCC(=O)NC(CO)C(O)CCCCCCCCCCC. The zero-order chi connectivity index (χ0) is 53.6. The van der Waals surface area contributed by atoms with Crippen molar-refractivity contribution in [1.82, 2.24) is 5.32 Å². The minimum absolute atomic E-state index is 0.0138. The van der Waals surface area contributed by atoms with Crippen LogP contribution in [0.2, 0.25) is 0 Å². The predicted octanol–water partition coefficient (Wildman–Crippen LogP) is 21.6. The fraction of sp³-hybridized carbons (Fsp3) is 0.941. The first-order chi connectivity index (χ1) is 36.5. The number of carbonyl (C=O) groups is 2. The monoisotopic (exact) mass is 1040 g/mol. The number of ether oxygens (including phenoxy) is 1. The van der Waals surface area contributed by atoms with E-state index in [1.807, 2.05) is 0 Å². The van der Waals surface area contributed by atoms with E-state index in [1.165, 1.54) is 308 Å². The van der Waals surface area contributed by atoms with Gasteiger partial charge in [-0.1, -0.05) is 334 Å². The van der Waals surface area contributed by atoms with Gasteiger partial charge in [0, 0.05) is 12.8 Å². The van der Waals surface area contributed by atoms with Gasteiger partial charge in [-0.3, -0.25) is 9.59 Å². The van der Waals surface area contributed by atoms with Crippen LogP contribution in [0, 0.1) is 0 Å². The molecule has 6 heteroatoms. The van der Waals surface area contributed by atoms with Gasteiger partial charge in [-0.25, -0.2) is 0 Å². The minimum Gasteiger partial charge on any atom is -0.466 e. The van der Waals surface area contributed by atoms with Gasteiger partial charge in [-0.15, -0.1) is 0 Å². The van der Waals surface area contributed by atoms with Crippen LogP contribution in [0.15, 0.2) is 12.2 Å². The number of nitrogens with one attached hydrogen (secondary N) is 1. The number of rotatable bonds is 64. The number of hydrogen-bond acceptors (Lipinski definition) is 5. The summed E-state index contributed by atoms with van der Waals surface area (Å²) in [6.45, 7) is 4.94. The number of carbonyl (C=O) groups excluding carboxylic acids is 2. The van der Waals surface area contributed by atoms with Crippen LogP contribution >= 0.6 is 0 Å². The van der Waals surface area contributed by atoms with Gasteiger partial charge in [0.2, 0.25) is 5.91 Å². The van der Waals surface area contributed by atoms with Crippen molar-refractivity contribution in [2.24, 2.45) is 0 Å². The Balaban J connectivity index is 3.27. The van der Waals surface area contributed by atoms with Crippen LogP contribution in [0.4, 0.5) is 0 Å². The Morgan fingerprint density at radius 3 is 0.973 bits per heavy atom. The summed E-state index contributed by atoms with van der Waals surface area (Å²) in [7, 11) is 0. The minimum atomic E-state index is -0.657. The Morgan fingerprint density at radius 2 is 0.635 bits per heavy atom. The summed E-state index contributed by atoms with van der Waals surface area (Å²) in [5.41, 5.74) is 0. The van der Waals surface area contributed by atoms with Crippen molar-refractivity contribution in [3.8, 4) is 0 Å². The van der Waals surface area contributed by atoms with Crippen LogP contribution in [0.5, 0.6) is 0 Å². The second-order valence-corrected chi connectivity index (χ2v) is 23.5. The molecule has 0 spiro atoms. The molecule has 0 aromatic carbocycles. The van der Waals surface area contributed by atoms with Crippen molar-refractivity contribution in [3.63, 3.8) is 0 Å². The third-order valence-corrected chi connectivity index (χ3v) is 16.1. The fourth-order valence-electron chi connectivity index (χ4n) is 10.9. The van der Waals surface area contributed by atoms with E-state index in [0.717, 1.165) is 44.9 Å². The molecule has 0 aliphatic heterocycles. The number of esters is 1. The van der Waals surface area contributed by atoms with Gasteiger partial charge in [0.25, 0.3) is 0 Å². The zero-order valence-electron chi connectivity index (χ0n) is 50.4. The van der Waals surface area contributed by atoms with Crippen molar-refractivity contribution in [3.05, 3.63) is 12.2 Å². The van der Waals surface area contributed by atoms with Gasteiger partial charge in [0.05, 0.1) is 25.4 Å². The third-order valence-electron chi connectivity index (χ3n) is 16.1. The quantitative estimate of drug-likeness (QED) is 0.0320. The van der Waals surface area contributed by atoms with E-state index >= 15 is 0 Å².